The number of hydrogen-bond acceptors (Lipinski definition) is 5. The molecule has 0 bridgehead atoms. The minimum atomic E-state index is -0.930. The summed E-state index contributed by atoms with van der Waals surface area (Å²) in [7, 11) is 0. The molecule has 3 amide bonds. The van der Waals surface area contributed by atoms with Gasteiger partial charge in [0.1, 0.15) is 5.54 Å². The maximum absolute atomic E-state index is 13.6. The summed E-state index contributed by atoms with van der Waals surface area (Å²) in [5, 5.41) is 4.43. The molecule has 0 saturated carbocycles. The van der Waals surface area contributed by atoms with E-state index in [1.165, 1.54) is 4.90 Å². The highest BCUT2D eigenvalue weighted by atomic mass is 35.5. The van der Waals surface area contributed by atoms with E-state index in [1.54, 1.807) is 0 Å². The molecule has 0 unspecified atom stereocenters. The van der Waals surface area contributed by atoms with Gasteiger partial charge in [-0.1, -0.05) is 47.5 Å². The van der Waals surface area contributed by atoms with E-state index < -0.39 is 5.54 Å². The molecule has 1 N–H and O–H groups in total. The van der Waals surface area contributed by atoms with Gasteiger partial charge in [0.2, 0.25) is 0 Å². The molecule has 2 aromatic carbocycles. The van der Waals surface area contributed by atoms with E-state index in [-0.39, 0.29) is 36.2 Å². The Kier molecular flexibility index (Phi) is 8.75. The number of hydrogen-bond donors (Lipinski definition) is 1. The molecule has 0 radical (unpaired) electrons. The molecule has 2 fully saturated rings. The predicted octanol–water partition coefficient (Wildman–Crippen LogP) is 5.67. The van der Waals surface area contributed by atoms with Crippen molar-refractivity contribution in [2.75, 3.05) is 26.3 Å². The molecule has 0 aromatic heterocycles. The van der Waals surface area contributed by atoms with Crippen molar-refractivity contribution in [1.29, 1.82) is 0 Å². The number of likely N-dealkylation sites (tertiary alicyclic amines) is 1. The summed E-state index contributed by atoms with van der Waals surface area (Å²) < 4.78 is 11.7. The number of piperidine rings is 1. The van der Waals surface area contributed by atoms with Crippen molar-refractivity contribution in [3.63, 3.8) is 0 Å². The maximum Gasteiger partial charge on any atom is 0.325 e. The molecule has 0 aliphatic carbocycles. The summed E-state index contributed by atoms with van der Waals surface area (Å²) in [6.45, 7) is 11.2. The molecule has 7 nitrogen and oxygen atoms in total. The number of ether oxygens (including phenoxy) is 2. The number of nitrogens with zero attached hydrogens (tertiary/aromatic N) is 2. The van der Waals surface area contributed by atoms with E-state index >= 15 is 0 Å². The molecule has 4 rings (SSSR count). The third kappa shape index (κ3) is 6.52. The Hall–Kier alpha value is -2.16. The van der Waals surface area contributed by atoms with Gasteiger partial charge in [-0.3, -0.25) is 14.6 Å². The van der Waals surface area contributed by atoms with Crippen LogP contribution in [0.3, 0.4) is 0 Å². The molecule has 2 aromatic rings. The smallest absolute Gasteiger partial charge is 0.325 e. The number of urea groups is 1. The highest BCUT2D eigenvalue weighted by molar-refractivity contribution is 6.30. The standard InChI is InChI=1S/C29H37Cl2N3O4/c1-27(2)19-29(20-28(3,4)34(27)14-16-38-18-22-7-11-24(31)12-8-22)25(35)33(26(36)32-29)13-15-37-17-21-5-9-23(30)10-6-21/h5-12H,13-20H2,1-4H3,(H,32,36). The van der Waals surface area contributed by atoms with Crippen molar-refractivity contribution < 1.29 is 19.1 Å². The summed E-state index contributed by atoms with van der Waals surface area (Å²) >= 11 is 11.9. The highest BCUT2D eigenvalue weighted by Crippen LogP contribution is 2.45. The van der Waals surface area contributed by atoms with E-state index in [0.717, 1.165) is 11.1 Å². The van der Waals surface area contributed by atoms with Gasteiger partial charge in [-0.25, -0.2) is 4.79 Å². The van der Waals surface area contributed by atoms with Crippen LogP contribution in [0.4, 0.5) is 4.79 Å². The van der Waals surface area contributed by atoms with Crippen LogP contribution in [0.5, 0.6) is 0 Å². The van der Waals surface area contributed by atoms with Crippen molar-refractivity contribution >= 4 is 35.1 Å². The zero-order chi connectivity index (χ0) is 27.6. The Labute approximate surface area is 235 Å². The van der Waals surface area contributed by atoms with Gasteiger partial charge in [0, 0.05) is 27.7 Å². The van der Waals surface area contributed by atoms with Crippen molar-refractivity contribution in [3.8, 4) is 0 Å². The van der Waals surface area contributed by atoms with Crippen molar-refractivity contribution in [1.82, 2.24) is 15.1 Å². The van der Waals surface area contributed by atoms with Crippen LogP contribution in [-0.4, -0.2) is 64.7 Å². The van der Waals surface area contributed by atoms with Crippen LogP contribution in [0.15, 0.2) is 48.5 Å². The maximum atomic E-state index is 13.6. The molecule has 206 valence electrons. The van der Waals surface area contributed by atoms with Crippen LogP contribution in [0.1, 0.15) is 51.7 Å². The van der Waals surface area contributed by atoms with Crippen molar-refractivity contribution in [2.24, 2.45) is 0 Å². The number of rotatable bonds is 10. The molecule has 2 heterocycles. The molecule has 2 aliphatic heterocycles. The molecule has 2 aliphatic rings. The minimum absolute atomic E-state index is 0.169. The van der Waals surface area contributed by atoms with Crippen LogP contribution in [0, 0.1) is 0 Å². The quantitative estimate of drug-likeness (QED) is 0.299. The Morgan fingerprint density at radius 1 is 0.763 bits per heavy atom. The fourth-order valence-electron chi connectivity index (χ4n) is 6.13. The summed E-state index contributed by atoms with van der Waals surface area (Å²) in [6.07, 6.45) is 1.04. The second kappa shape index (κ2) is 11.5. The molecule has 0 atom stereocenters. The minimum Gasteiger partial charge on any atom is -0.375 e. The third-order valence-corrected chi connectivity index (χ3v) is 7.96. The lowest BCUT2D eigenvalue weighted by atomic mass is 9.69. The first-order valence-corrected chi connectivity index (χ1v) is 13.7. The monoisotopic (exact) mass is 561 g/mol. The Morgan fingerprint density at radius 2 is 1.21 bits per heavy atom. The number of amides is 3. The van der Waals surface area contributed by atoms with E-state index in [9.17, 15) is 9.59 Å². The number of carbonyl (C=O) groups is 2. The normalized spacial score (nSPS) is 20.2. The number of carbonyl (C=O) groups excluding carboxylic acids is 2. The fourth-order valence-corrected chi connectivity index (χ4v) is 6.38. The van der Waals surface area contributed by atoms with Gasteiger partial charge < -0.3 is 14.8 Å². The summed E-state index contributed by atoms with van der Waals surface area (Å²) in [5.74, 6) is -0.169. The average Bonchev–Trinajstić information content (AvgIpc) is 3.05. The van der Waals surface area contributed by atoms with E-state index in [1.807, 2.05) is 48.5 Å². The molecule has 2 saturated heterocycles. The summed E-state index contributed by atoms with van der Waals surface area (Å²) in [4.78, 5) is 30.2. The van der Waals surface area contributed by atoms with E-state index in [4.69, 9.17) is 32.7 Å². The van der Waals surface area contributed by atoms with Crippen LogP contribution >= 0.6 is 23.2 Å². The van der Waals surface area contributed by atoms with Crippen LogP contribution in [-0.2, 0) is 27.5 Å². The largest absolute Gasteiger partial charge is 0.375 e. The SMILES string of the molecule is CC1(C)CC2(CC(C)(C)N1CCOCc1ccc(Cl)cc1)NC(=O)N(CCOCc1ccc(Cl)cc1)C2=O. The predicted molar refractivity (Wildman–Crippen MR) is 149 cm³/mol. The van der Waals surface area contributed by atoms with Crippen LogP contribution in [0.25, 0.3) is 0 Å². The number of imide groups is 1. The lowest BCUT2D eigenvalue weighted by Gasteiger charge is -2.57. The van der Waals surface area contributed by atoms with Gasteiger partial charge in [-0.15, -0.1) is 0 Å². The molecular formula is C29H37Cl2N3O4. The lowest BCUT2D eigenvalue weighted by Crippen LogP contribution is -2.70. The van der Waals surface area contributed by atoms with Gasteiger partial charge in [0.05, 0.1) is 33.0 Å². The Bertz CT molecular complexity index is 1120. The fraction of sp³-hybridized carbons (Fsp3) is 0.517. The summed E-state index contributed by atoms with van der Waals surface area (Å²) in [6, 6.07) is 14.7. The molecule has 9 heteroatoms. The Balaban J connectivity index is 1.32. The van der Waals surface area contributed by atoms with Gasteiger partial charge in [-0.05, 0) is 75.9 Å². The molecule has 38 heavy (non-hydrogen) atoms. The third-order valence-electron chi connectivity index (χ3n) is 7.46. The van der Waals surface area contributed by atoms with Crippen molar-refractivity contribution in [2.45, 2.75) is 70.4 Å². The zero-order valence-corrected chi connectivity index (χ0v) is 24.1. The average molecular weight is 563 g/mol. The van der Waals surface area contributed by atoms with E-state index in [0.29, 0.717) is 49.3 Å². The second-order valence-electron chi connectivity index (χ2n) is 11.5. The van der Waals surface area contributed by atoms with Gasteiger partial charge in [-0.2, -0.15) is 0 Å². The highest BCUT2D eigenvalue weighted by Gasteiger charge is 2.60. The topological polar surface area (TPSA) is 71.1 Å². The van der Waals surface area contributed by atoms with Crippen LogP contribution < -0.4 is 5.32 Å². The lowest BCUT2D eigenvalue weighted by molar-refractivity contribution is -0.142. The van der Waals surface area contributed by atoms with Crippen molar-refractivity contribution in [3.05, 3.63) is 69.7 Å². The number of halogens is 2. The Morgan fingerprint density at radius 3 is 1.68 bits per heavy atom. The van der Waals surface area contributed by atoms with Gasteiger partial charge in [0.15, 0.2) is 0 Å². The molecule has 1 spiro atoms. The first-order valence-electron chi connectivity index (χ1n) is 13.0. The summed E-state index contributed by atoms with van der Waals surface area (Å²) in [5.41, 5.74) is 0.448. The first-order chi connectivity index (χ1) is 17.9. The second-order valence-corrected chi connectivity index (χ2v) is 12.3. The van der Waals surface area contributed by atoms with E-state index in [2.05, 4.69) is 37.9 Å². The molecular weight excluding hydrogens is 525 g/mol. The van der Waals surface area contributed by atoms with Gasteiger partial charge in [0.25, 0.3) is 5.91 Å². The number of nitrogens with one attached hydrogen (secondary N) is 1. The van der Waals surface area contributed by atoms with Crippen LogP contribution in [0.2, 0.25) is 10.0 Å². The number of benzene rings is 2. The van der Waals surface area contributed by atoms with Gasteiger partial charge >= 0.3 is 6.03 Å². The zero-order valence-electron chi connectivity index (χ0n) is 22.6. The first kappa shape index (κ1) is 28.8.